The Morgan fingerprint density at radius 3 is 2.28 bits per heavy atom. The summed E-state index contributed by atoms with van der Waals surface area (Å²) in [7, 11) is 0. The summed E-state index contributed by atoms with van der Waals surface area (Å²) in [6, 6.07) is 20.0. The van der Waals surface area contributed by atoms with E-state index in [1.807, 2.05) is 53.6 Å². The molecule has 0 saturated carbocycles. The molecule has 0 radical (unpaired) electrons. The quantitative estimate of drug-likeness (QED) is 0.264. The van der Waals surface area contributed by atoms with E-state index >= 15 is 0 Å². The van der Waals surface area contributed by atoms with E-state index in [2.05, 4.69) is 29.2 Å². The highest BCUT2D eigenvalue weighted by Crippen LogP contribution is 2.45. The molecule has 5 aromatic rings. The molecule has 2 aromatic carbocycles. The molecule has 6 rings (SSSR count). The van der Waals surface area contributed by atoms with Gasteiger partial charge in [-0.1, -0.05) is 54.6 Å². The van der Waals surface area contributed by atoms with E-state index in [4.69, 9.17) is 4.74 Å². The molecule has 1 amide bonds. The SMILES string of the molecule is Cc1nc(C)c(-c2ccc(-c3c(-c4ccccc4)c4sc(C(=O)O)cc4n3CC(=O)N3CCOCC3)cc2)s1. The number of nitrogens with zero attached hydrogens (tertiary/aromatic N) is 3. The average Bonchev–Trinajstić information content (AvgIpc) is 3.62. The molecule has 1 aliphatic rings. The van der Waals surface area contributed by atoms with Crippen molar-refractivity contribution in [3.05, 3.63) is 76.2 Å². The lowest BCUT2D eigenvalue weighted by atomic mass is 10.00. The van der Waals surface area contributed by atoms with E-state index in [9.17, 15) is 14.7 Å². The predicted molar refractivity (Wildman–Crippen MR) is 156 cm³/mol. The van der Waals surface area contributed by atoms with Crippen LogP contribution < -0.4 is 0 Å². The Labute approximate surface area is 233 Å². The number of thiazole rings is 1. The normalized spacial score (nSPS) is 13.7. The lowest BCUT2D eigenvalue weighted by Crippen LogP contribution is -2.42. The minimum absolute atomic E-state index is 0.00785. The zero-order valence-corrected chi connectivity index (χ0v) is 23.3. The van der Waals surface area contributed by atoms with Gasteiger partial charge in [-0.15, -0.1) is 22.7 Å². The highest BCUT2D eigenvalue weighted by Gasteiger charge is 2.27. The Morgan fingerprint density at radius 2 is 1.64 bits per heavy atom. The van der Waals surface area contributed by atoms with Crippen molar-refractivity contribution in [3.63, 3.8) is 0 Å². The Hall–Kier alpha value is -3.79. The average molecular weight is 558 g/mol. The zero-order chi connectivity index (χ0) is 27.1. The highest BCUT2D eigenvalue weighted by molar-refractivity contribution is 7.21. The van der Waals surface area contributed by atoms with Crippen molar-refractivity contribution in [2.45, 2.75) is 20.4 Å². The molecule has 0 bridgehead atoms. The number of carboxylic acids is 1. The molecule has 198 valence electrons. The molecule has 0 atom stereocenters. The number of hydrogen-bond donors (Lipinski definition) is 1. The van der Waals surface area contributed by atoms with Crippen LogP contribution in [0, 0.1) is 13.8 Å². The number of fused-ring (bicyclic) bond motifs is 1. The molecule has 1 fully saturated rings. The number of thiophene rings is 1. The van der Waals surface area contributed by atoms with Crippen LogP contribution in [-0.4, -0.2) is 57.7 Å². The number of amides is 1. The molecular weight excluding hydrogens is 530 g/mol. The lowest BCUT2D eigenvalue weighted by Gasteiger charge is -2.27. The first kappa shape index (κ1) is 25.5. The Morgan fingerprint density at radius 1 is 0.949 bits per heavy atom. The maximum atomic E-state index is 13.5. The summed E-state index contributed by atoms with van der Waals surface area (Å²) in [6.07, 6.45) is 0. The second-order valence-corrected chi connectivity index (χ2v) is 11.8. The van der Waals surface area contributed by atoms with Gasteiger partial charge in [-0.2, -0.15) is 0 Å². The van der Waals surface area contributed by atoms with E-state index in [1.54, 1.807) is 17.4 Å². The summed E-state index contributed by atoms with van der Waals surface area (Å²) < 4.78 is 8.30. The monoisotopic (exact) mass is 557 g/mol. The first-order chi connectivity index (χ1) is 18.9. The topological polar surface area (TPSA) is 84.7 Å². The largest absolute Gasteiger partial charge is 0.477 e. The maximum absolute atomic E-state index is 13.5. The maximum Gasteiger partial charge on any atom is 0.345 e. The van der Waals surface area contributed by atoms with E-state index in [0.717, 1.165) is 53.7 Å². The van der Waals surface area contributed by atoms with Gasteiger partial charge in [-0.3, -0.25) is 4.79 Å². The van der Waals surface area contributed by atoms with E-state index in [1.165, 1.54) is 11.3 Å². The number of aromatic nitrogens is 2. The number of morpholine rings is 1. The molecule has 9 heteroatoms. The fraction of sp³-hybridized carbons (Fsp3) is 0.233. The summed E-state index contributed by atoms with van der Waals surface area (Å²) in [5, 5.41) is 10.8. The van der Waals surface area contributed by atoms with Crippen LogP contribution in [0.3, 0.4) is 0 Å². The third-order valence-electron chi connectivity index (χ3n) is 6.99. The van der Waals surface area contributed by atoms with Crippen molar-refractivity contribution in [3.8, 4) is 32.8 Å². The third-order valence-corrected chi connectivity index (χ3v) is 9.24. The van der Waals surface area contributed by atoms with Gasteiger partial charge in [0.25, 0.3) is 0 Å². The van der Waals surface area contributed by atoms with Gasteiger partial charge < -0.3 is 19.3 Å². The molecule has 1 N–H and O–H groups in total. The number of carboxylic acid groups (broad SMARTS) is 1. The lowest BCUT2D eigenvalue weighted by molar-refractivity contribution is -0.135. The van der Waals surface area contributed by atoms with Crippen LogP contribution in [0.25, 0.3) is 43.0 Å². The number of carbonyl (C=O) groups is 2. The van der Waals surface area contributed by atoms with Crippen LogP contribution in [0.2, 0.25) is 0 Å². The van der Waals surface area contributed by atoms with Gasteiger partial charge in [0.05, 0.1) is 44.7 Å². The summed E-state index contributed by atoms with van der Waals surface area (Å²) in [5.41, 5.74) is 6.65. The number of benzene rings is 2. The molecular formula is C30H27N3O4S2. The first-order valence-corrected chi connectivity index (χ1v) is 14.4. The van der Waals surface area contributed by atoms with Crippen molar-refractivity contribution in [1.82, 2.24) is 14.5 Å². The van der Waals surface area contributed by atoms with Gasteiger partial charge >= 0.3 is 5.97 Å². The second-order valence-electron chi connectivity index (χ2n) is 9.52. The number of rotatable bonds is 6. The molecule has 0 aliphatic carbocycles. The van der Waals surface area contributed by atoms with Crippen molar-refractivity contribution in [2.75, 3.05) is 26.3 Å². The minimum Gasteiger partial charge on any atom is -0.477 e. The summed E-state index contributed by atoms with van der Waals surface area (Å²) in [4.78, 5) is 33.2. The van der Waals surface area contributed by atoms with Gasteiger partial charge in [0.1, 0.15) is 11.4 Å². The molecule has 1 saturated heterocycles. The fourth-order valence-corrected chi connectivity index (χ4v) is 7.19. The first-order valence-electron chi connectivity index (χ1n) is 12.8. The van der Waals surface area contributed by atoms with Crippen molar-refractivity contribution in [2.24, 2.45) is 0 Å². The zero-order valence-electron chi connectivity index (χ0n) is 21.6. The Bertz CT molecular complexity index is 1680. The Kier molecular flexibility index (Phi) is 6.80. The molecule has 3 aromatic heterocycles. The van der Waals surface area contributed by atoms with Gasteiger partial charge in [0.15, 0.2) is 0 Å². The number of hydrogen-bond acceptors (Lipinski definition) is 6. The number of carbonyl (C=O) groups excluding carboxylic acids is 1. The van der Waals surface area contributed by atoms with Gasteiger partial charge in [0.2, 0.25) is 5.91 Å². The predicted octanol–water partition coefficient (Wildman–Crippen LogP) is 6.33. The molecule has 0 unspecified atom stereocenters. The summed E-state index contributed by atoms with van der Waals surface area (Å²) in [5.74, 6) is -0.978. The van der Waals surface area contributed by atoms with E-state index in [-0.39, 0.29) is 17.3 Å². The number of aromatic carboxylic acids is 1. The van der Waals surface area contributed by atoms with Crippen LogP contribution in [0.4, 0.5) is 0 Å². The second kappa shape index (κ2) is 10.4. The van der Waals surface area contributed by atoms with E-state index < -0.39 is 5.97 Å². The third kappa shape index (κ3) is 4.78. The minimum atomic E-state index is -0.970. The van der Waals surface area contributed by atoms with E-state index in [0.29, 0.717) is 26.3 Å². The van der Waals surface area contributed by atoms with Crippen LogP contribution in [0.15, 0.2) is 60.7 Å². The summed E-state index contributed by atoms with van der Waals surface area (Å²) in [6.45, 7) is 6.30. The van der Waals surface area contributed by atoms with Gasteiger partial charge in [-0.25, -0.2) is 9.78 Å². The smallest absolute Gasteiger partial charge is 0.345 e. The molecule has 39 heavy (non-hydrogen) atoms. The number of aryl methyl sites for hydroxylation is 2. The Balaban J connectivity index is 1.54. The van der Waals surface area contributed by atoms with Crippen molar-refractivity contribution >= 4 is 44.8 Å². The number of ether oxygens (including phenoxy) is 1. The summed E-state index contributed by atoms with van der Waals surface area (Å²) >= 11 is 2.93. The van der Waals surface area contributed by atoms with Crippen molar-refractivity contribution in [1.29, 1.82) is 0 Å². The molecule has 7 nitrogen and oxygen atoms in total. The van der Waals surface area contributed by atoms with Gasteiger partial charge in [-0.05, 0) is 36.6 Å². The standard InChI is InChI=1S/C30H27N3O4S2/c1-18-28(38-19(2)31-18)22-10-8-21(9-11-22)27-26(20-6-4-3-5-7-20)29-23(16-24(39-29)30(35)36)33(27)17-25(34)32-12-14-37-15-13-32/h3-11,16H,12-15,17H2,1-2H3,(H,35,36). The molecule has 4 heterocycles. The van der Waals surface area contributed by atoms with Gasteiger partial charge in [0, 0.05) is 18.7 Å². The van der Waals surface area contributed by atoms with Crippen LogP contribution in [0.5, 0.6) is 0 Å². The van der Waals surface area contributed by atoms with Crippen molar-refractivity contribution < 1.29 is 19.4 Å². The van der Waals surface area contributed by atoms with Crippen LogP contribution >= 0.6 is 22.7 Å². The van der Waals surface area contributed by atoms with Crippen LogP contribution in [0.1, 0.15) is 20.4 Å². The molecule has 0 spiro atoms. The van der Waals surface area contributed by atoms with Crippen LogP contribution in [-0.2, 0) is 16.1 Å². The highest BCUT2D eigenvalue weighted by atomic mass is 32.1. The molecule has 1 aliphatic heterocycles. The fourth-order valence-electron chi connectivity index (χ4n) is 5.19.